The molecule has 2 heterocycles. The first-order valence-electron chi connectivity index (χ1n) is 6.95. The zero-order valence-electron chi connectivity index (χ0n) is 12.0. The van der Waals surface area contributed by atoms with Crippen molar-refractivity contribution >= 4 is 49.8 Å². The molecule has 0 saturated heterocycles. The number of nitrogens with zero attached hydrogens (tertiary/aromatic N) is 2. The third-order valence-electron chi connectivity index (χ3n) is 3.28. The summed E-state index contributed by atoms with van der Waals surface area (Å²) in [6.07, 6.45) is 1.08. The Kier molecular flexibility index (Phi) is 4.40. The van der Waals surface area contributed by atoms with E-state index in [1.165, 1.54) is 10.1 Å². The smallest absolute Gasteiger partial charge is 0.163 e. The average molecular weight is 409 g/mol. The van der Waals surface area contributed by atoms with E-state index in [0.29, 0.717) is 0 Å². The van der Waals surface area contributed by atoms with Crippen LogP contribution in [0.5, 0.6) is 0 Å². The molecule has 3 aromatic rings. The summed E-state index contributed by atoms with van der Waals surface area (Å²) in [6.45, 7) is 5.12. The lowest BCUT2D eigenvalue weighted by Crippen LogP contribution is -2.07. The van der Waals surface area contributed by atoms with Gasteiger partial charge in [-0.2, -0.15) is 0 Å². The first-order valence-corrected chi connectivity index (χ1v) is 8.91. The number of benzene rings is 1. The predicted octanol–water partition coefficient (Wildman–Crippen LogP) is 5.09. The second-order valence-corrected chi connectivity index (χ2v) is 6.86. The Bertz CT molecular complexity index is 782. The summed E-state index contributed by atoms with van der Waals surface area (Å²) in [5.74, 6) is 1.75. The molecule has 3 nitrogen and oxygen atoms in total. The molecule has 0 unspecified atom stereocenters. The number of aromatic nitrogens is 2. The summed E-state index contributed by atoms with van der Waals surface area (Å²) in [5, 5.41) is 6.77. The number of nitrogens with one attached hydrogen (secondary N) is 1. The summed E-state index contributed by atoms with van der Waals surface area (Å²) in [5.41, 5.74) is 2.14. The molecule has 0 aliphatic heterocycles. The van der Waals surface area contributed by atoms with Crippen LogP contribution in [0.4, 0.5) is 5.82 Å². The molecule has 1 N–H and O–H groups in total. The third-order valence-corrected chi connectivity index (χ3v) is 5.54. The van der Waals surface area contributed by atoms with E-state index in [0.717, 1.165) is 39.4 Å². The Morgan fingerprint density at radius 2 is 2.05 bits per heavy atom. The van der Waals surface area contributed by atoms with Gasteiger partial charge in [-0.15, -0.1) is 11.3 Å². The number of hydrogen-bond donors (Lipinski definition) is 1. The van der Waals surface area contributed by atoms with Crippen molar-refractivity contribution in [2.45, 2.75) is 20.3 Å². The molecule has 0 amide bonds. The summed E-state index contributed by atoms with van der Waals surface area (Å²) in [4.78, 5) is 9.42. The summed E-state index contributed by atoms with van der Waals surface area (Å²) in [6, 6.07) is 8.40. The van der Waals surface area contributed by atoms with Gasteiger partial charge in [0.2, 0.25) is 0 Å². The first kappa shape index (κ1) is 14.7. The molecular formula is C16H16IN3S. The average Bonchev–Trinajstić information content (AvgIpc) is 2.92. The molecule has 0 fully saturated rings. The van der Waals surface area contributed by atoms with Crippen LogP contribution in [0.3, 0.4) is 0 Å². The highest BCUT2D eigenvalue weighted by atomic mass is 127. The molecule has 0 radical (unpaired) electrons. The Hall–Kier alpha value is -1.21. The first-order chi connectivity index (χ1) is 10.2. The van der Waals surface area contributed by atoms with Crippen molar-refractivity contribution in [2.75, 3.05) is 11.9 Å². The maximum absolute atomic E-state index is 4.74. The van der Waals surface area contributed by atoms with Crippen LogP contribution in [0.25, 0.3) is 21.5 Å². The Balaban J connectivity index is 2.11. The maximum Gasteiger partial charge on any atom is 0.163 e. The zero-order chi connectivity index (χ0) is 14.8. The highest BCUT2D eigenvalue weighted by molar-refractivity contribution is 14.1. The van der Waals surface area contributed by atoms with Crippen molar-refractivity contribution in [1.29, 1.82) is 0 Å². The van der Waals surface area contributed by atoms with Crippen molar-refractivity contribution in [3.63, 3.8) is 0 Å². The quantitative estimate of drug-likeness (QED) is 0.610. The molecule has 0 atom stereocenters. The molecule has 0 spiro atoms. The number of thiophene rings is 1. The fourth-order valence-corrected chi connectivity index (χ4v) is 3.56. The van der Waals surface area contributed by atoms with E-state index in [2.05, 4.69) is 69.5 Å². The highest BCUT2D eigenvalue weighted by Gasteiger charge is 2.13. The number of fused-ring (bicyclic) bond motifs is 1. The van der Waals surface area contributed by atoms with E-state index in [1.807, 2.05) is 6.92 Å². The van der Waals surface area contributed by atoms with Gasteiger partial charge in [-0.05, 0) is 42.0 Å². The number of halogens is 1. The maximum atomic E-state index is 4.74. The standard InChI is InChI=1S/C16H16IN3S/c1-3-8-18-16-14(17)10(2)19-15(20-16)12-9-21-13-7-5-4-6-11(12)13/h4-7,9H,3,8H2,1-2H3,(H,18,19,20). The van der Waals surface area contributed by atoms with Crippen LogP contribution in [0.2, 0.25) is 0 Å². The van der Waals surface area contributed by atoms with Gasteiger partial charge in [0.15, 0.2) is 5.82 Å². The lowest BCUT2D eigenvalue weighted by atomic mass is 10.1. The van der Waals surface area contributed by atoms with Crippen LogP contribution < -0.4 is 5.32 Å². The van der Waals surface area contributed by atoms with Crippen molar-refractivity contribution in [2.24, 2.45) is 0 Å². The Morgan fingerprint density at radius 1 is 1.24 bits per heavy atom. The van der Waals surface area contributed by atoms with E-state index in [-0.39, 0.29) is 0 Å². The molecule has 2 aromatic heterocycles. The van der Waals surface area contributed by atoms with E-state index < -0.39 is 0 Å². The van der Waals surface area contributed by atoms with Crippen molar-refractivity contribution in [3.05, 3.63) is 38.9 Å². The van der Waals surface area contributed by atoms with Gasteiger partial charge in [0.25, 0.3) is 0 Å². The van der Waals surface area contributed by atoms with Crippen molar-refractivity contribution < 1.29 is 0 Å². The third kappa shape index (κ3) is 2.89. The molecule has 108 valence electrons. The SMILES string of the molecule is CCCNc1nc(-c2csc3ccccc23)nc(C)c1I. The normalized spacial score (nSPS) is 11.0. The van der Waals surface area contributed by atoms with Gasteiger partial charge in [0.1, 0.15) is 5.82 Å². The minimum Gasteiger partial charge on any atom is -0.369 e. The van der Waals surface area contributed by atoms with Gasteiger partial charge in [0, 0.05) is 27.6 Å². The monoisotopic (exact) mass is 409 g/mol. The van der Waals surface area contributed by atoms with E-state index >= 15 is 0 Å². The molecule has 0 aliphatic rings. The van der Waals surface area contributed by atoms with Gasteiger partial charge >= 0.3 is 0 Å². The fraction of sp³-hybridized carbons (Fsp3) is 0.250. The molecule has 0 saturated carbocycles. The largest absolute Gasteiger partial charge is 0.369 e. The second kappa shape index (κ2) is 6.27. The number of aryl methyl sites for hydroxylation is 1. The van der Waals surface area contributed by atoms with Gasteiger partial charge in [-0.25, -0.2) is 9.97 Å². The minimum atomic E-state index is 0.809. The van der Waals surface area contributed by atoms with Gasteiger partial charge in [0.05, 0.1) is 9.26 Å². The lowest BCUT2D eigenvalue weighted by molar-refractivity contribution is 0.958. The van der Waals surface area contributed by atoms with Crippen LogP contribution in [0.15, 0.2) is 29.6 Å². The molecule has 21 heavy (non-hydrogen) atoms. The zero-order valence-corrected chi connectivity index (χ0v) is 15.0. The predicted molar refractivity (Wildman–Crippen MR) is 99.1 cm³/mol. The minimum absolute atomic E-state index is 0.809. The summed E-state index contributed by atoms with van der Waals surface area (Å²) in [7, 11) is 0. The fourth-order valence-electron chi connectivity index (χ4n) is 2.19. The topological polar surface area (TPSA) is 37.8 Å². The van der Waals surface area contributed by atoms with Crippen LogP contribution in [-0.2, 0) is 0 Å². The van der Waals surface area contributed by atoms with E-state index in [4.69, 9.17) is 4.98 Å². The van der Waals surface area contributed by atoms with E-state index in [1.54, 1.807) is 11.3 Å². The Labute approximate surface area is 142 Å². The van der Waals surface area contributed by atoms with Crippen LogP contribution >= 0.6 is 33.9 Å². The molecular weight excluding hydrogens is 393 g/mol. The van der Waals surface area contributed by atoms with Crippen LogP contribution in [-0.4, -0.2) is 16.5 Å². The molecule has 0 aliphatic carbocycles. The molecule has 0 bridgehead atoms. The van der Waals surface area contributed by atoms with E-state index in [9.17, 15) is 0 Å². The van der Waals surface area contributed by atoms with Gasteiger partial charge in [-0.3, -0.25) is 0 Å². The number of anilines is 1. The molecule has 3 rings (SSSR count). The number of rotatable bonds is 4. The Morgan fingerprint density at radius 3 is 2.86 bits per heavy atom. The lowest BCUT2D eigenvalue weighted by Gasteiger charge is -2.10. The van der Waals surface area contributed by atoms with Gasteiger partial charge < -0.3 is 5.32 Å². The van der Waals surface area contributed by atoms with Crippen LogP contribution in [0.1, 0.15) is 19.0 Å². The highest BCUT2D eigenvalue weighted by Crippen LogP contribution is 2.33. The summed E-state index contributed by atoms with van der Waals surface area (Å²) >= 11 is 4.05. The molecule has 5 heteroatoms. The van der Waals surface area contributed by atoms with Crippen LogP contribution in [0, 0.1) is 10.5 Å². The number of hydrogen-bond acceptors (Lipinski definition) is 4. The molecule has 1 aromatic carbocycles. The van der Waals surface area contributed by atoms with Crippen molar-refractivity contribution in [3.8, 4) is 11.4 Å². The van der Waals surface area contributed by atoms with Crippen molar-refractivity contribution in [1.82, 2.24) is 9.97 Å². The summed E-state index contributed by atoms with van der Waals surface area (Å²) < 4.78 is 2.37. The second-order valence-electron chi connectivity index (χ2n) is 4.87. The van der Waals surface area contributed by atoms with Gasteiger partial charge in [-0.1, -0.05) is 25.1 Å².